The number of rotatable bonds is 7. The van der Waals surface area contributed by atoms with E-state index in [1.807, 2.05) is 0 Å². The molecule has 0 aromatic carbocycles. The molecule has 8 N–H and O–H groups in total. The number of hydrogen-bond donors (Lipinski definition) is 8. The van der Waals surface area contributed by atoms with E-state index in [9.17, 15) is 30.6 Å². The normalized spacial score (nSPS) is 48.0. The fourth-order valence-corrected chi connectivity index (χ4v) is 3.10. The van der Waals surface area contributed by atoms with Gasteiger partial charge in [0.2, 0.25) is 5.79 Å². The number of aliphatic hydroxyl groups is 8. The van der Waals surface area contributed by atoms with E-state index in [1.165, 1.54) is 0 Å². The number of aliphatic hydroxyl groups excluding tert-OH is 7. The first-order valence-electron chi connectivity index (χ1n) is 7.97. The van der Waals surface area contributed by atoms with Gasteiger partial charge in [-0.3, -0.25) is 0 Å². The van der Waals surface area contributed by atoms with Crippen molar-refractivity contribution in [1.82, 2.24) is 0 Å². The lowest BCUT2D eigenvalue weighted by Crippen LogP contribution is -2.59. The van der Waals surface area contributed by atoms with Crippen molar-refractivity contribution in [1.29, 1.82) is 0 Å². The lowest BCUT2D eigenvalue weighted by atomic mass is 9.95. The molecule has 2 aliphatic heterocycles. The van der Waals surface area contributed by atoms with E-state index in [-0.39, 0.29) is 13.2 Å². The van der Waals surface area contributed by atoms with E-state index >= 15 is 0 Å². The van der Waals surface area contributed by atoms with Crippen molar-refractivity contribution in [3.8, 4) is 0 Å². The van der Waals surface area contributed by atoms with Gasteiger partial charge in [-0.15, -0.1) is 0 Å². The fraction of sp³-hybridized carbons (Fsp3) is 1.00. The molecule has 25 heavy (non-hydrogen) atoms. The van der Waals surface area contributed by atoms with Crippen LogP contribution in [0.1, 0.15) is 0 Å². The van der Waals surface area contributed by atoms with Crippen LogP contribution >= 0.6 is 0 Å². The van der Waals surface area contributed by atoms with Crippen molar-refractivity contribution in [2.75, 3.05) is 33.0 Å². The van der Waals surface area contributed by atoms with Crippen LogP contribution in [-0.2, 0) is 14.2 Å². The molecule has 0 amide bonds. The maximum absolute atomic E-state index is 10.0. The third-order valence-electron chi connectivity index (χ3n) is 4.69. The molecule has 11 nitrogen and oxygen atoms in total. The summed E-state index contributed by atoms with van der Waals surface area (Å²) in [5.74, 6) is -3.06. The van der Waals surface area contributed by atoms with Crippen molar-refractivity contribution in [3.05, 3.63) is 0 Å². The minimum absolute atomic E-state index is 0.205. The molecule has 2 aliphatic rings. The van der Waals surface area contributed by atoms with Crippen LogP contribution in [0.4, 0.5) is 0 Å². The van der Waals surface area contributed by atoms with Gasteiger partial charge in [0.25, 0.3) is 0 Å². The van der Waals surface area contributed by atoms with Crippen molar-refractivity contribution in [3.63, 3.8) is 0 Å². The molecule has 148 valence electrons. The van der Waals surface area contributed by atoms with Crippen molar-refractivity contribution < 1.29 is 55.1 Å². The van der Waals surface area contributed by atoms with Gasteiger partial charge >= 0.3 is 0 Å². The highest BCUT2D eigenvalue weighted by molar-refractivity contribution is 4.95. The van der Waals surface area contributed by atoms with Crippen LogP contribution in [0.2, 0.25) is 0 Å². The molecule has 2 saturated heterocycles. The van der Waals surface area contributed by atoms with Crippen LogP contribution in [-0.4, -0.2) is 122 Å². The molecule has 0 bridgehead atoms. The number of hydrogen-bond acceptors (Lipinski definition) is 11. The van der Waals surface area contributed by atoms with Crippen molar-refractivity contribution >= 4 is 0 Å². The smallest absolute Gasteiger partial charge is 0.216 e. The van der Waals surface area contributed by atoms with E-state index in [0.29, 0.717) is 0 Å². The van der Waals surface area contributed by atoms with Gasteiger partial charge in [0.15, 0.2) is 0 Å². The molecule has 2 heterocycles. The summed E-state index contributed by atoms with van der Waals surface area (Å²) >= 11 is 0. The lowest BCUT2D eigenvalue weighted by Gasteiger charge is -2.40. The predicted octanol–water partition coefficient (Wildman–Crippen LogP) is -5.11. The van der Waals surface area contributed by atoms with Crippen LogP contribution in [0, 0.1) is 5.92 Å². The van der Waals surface area contributed by atoms with E-state index in [2.05, 4.69) is 0 Å². The lowest BCUT2D eigenvalue weighted by molar-refractivity contribution is -0.248. The van der Waals surface area contributed by atoms with Gasteiger partial charge < -0.3 is 55.1 Å². The fourth-order valence-electron chi connectivity index (χ4n) is 3.10. The van der Waals surface area contributed by atoms with Crippen molar-refractivity contribution in [2.45, 2.75) is 48.5 Å². The Morgan fingerprint density at radius 1 is 0.800 bits per heavy atom. The molecule has 0 radical (unpaired) electrons. The molecular weight excluding hydrogens is 344 g/mol. The van der Waals surface area contributed by atoms with Crippen molar-refractivity contribution in [2.24, 2.45) is 5.92 Å². The Morgan fingerprint density at radius 3 is 1.96 bits per heavy atom. The Hall–Kier alpha value is -0.440. The topological polar surface area (TPSA) is 190 Å². The van der Waals surface area contributed by atoms with Crippen LogP contribution in [0.5, 0.6) is 0 Å². The monoisotopic (exact) mass is 370 g/mol. The maximum Gasteiger partial charge on any atom is 0.216 e. The first-order chi connectivity index (χ1) is 11.8. The minimum Gasteiger partial charge on any atom is -0.394 e. The molecule has 2 fully saturated rings. The largest absolute Gasteiger partial charge is 0.394 e. The molecule has 11 heteroatoms. The van der Waals surface area contributed by atoms with Gasteiger partial charge in [-0.05, 0) is 0 Å². The quantitative estimate of drug-likeness (QED) is 0.214. The zero-order chi connectivity index (χ0) is 18.8. The second-order valence-corrected chi connectivity index (χ2v) is 6.36. The molecule has 2 rings (SSSR count). The molecule has 9 atom stereocenters. The van der Waals surface area contributed by atoms with E-state index in [4.69, 9.17) is 24.4 Å². The van der Waals surface area contributed by atoms with E-state index in [0.717, 1.165) is 0 Å². The number of ether oxygens (including phenoxy) is 3. The summed E-state index contributed by atoms with van der Waals surface area (Å²) in [6.07, 6.45) is -9.03. The minimum atomic E-state index is -2.20. The summed E-state index contributed by atoms with van der Waals surface area (Å²) in [7, 11) is 0. The molecule has 0 saturated carbocycles. The highest BCUT2D eigenvalue weighted by atomic mass is 16.7. The van der Waals surface area contributed by atoms with Crippen LogP contribution in [0.25, 0.3) is 0 Å². The Labute approximate surface area is 143 Å². The Morgan fingerprint density at radius 2 is 1.40 bits per heavy atom. The second-order valence-electron chi connectivity index (χ2n) is 6.36. The molecule has 0 spiro atoms. The van der Waals surface area contributed by atoms with Crippen LogP contribution in [0.15, 0.2) is 0 Å². The van der Waals surface area contributed by atoms with E-state index in [1.54, 1.807) is 0 Å². The third-order valence-corrected chi connectivity index (χ3v) is 4.69. The Balaban J connectivity index is 1.91. The highest BCUT2D eigenvalue weighted by Gasteiger charge is 2.53. The molecule has 0 aliphatic carbocycles. The Bertz CT molecular complexity index is 422. The van der Waals surface area contributed by atoms with Gasteiger partial charge in [0.1, 0.15) is 36.6 Å². The molecule has 0 aromatic heterocycles. The Kier molecular flexibility index (Phi) is 7.09. The third kappa shape index (κ3) is 4.12. The summed E-state index contributed by atoms with van der Waals surface area (Å²) in [6, 6.07) is 0. The van der Waals surface area contributed by atoms with Gasteiger partial charge in [-0.25, -0.2) is 0 Å². The SMILES string of the molecule is OCC1O[C@@H](COC[C@@H]2C(CO)O[C@@](O)(CO)C2O)C(O)C(O)[C@H]1O. The zero-order valence-electron chi connectivity index (χ0n) is 13.5. The maximum atomic E-state index is 10.0. The highest BCUT2D eigenvalue weighted by Crippen LogP contribution is 2.34. The average Bonchev–Trinajstić information content (AvgIpc) is 2.86. The summed E-state index contributed by atoms with van der Waals surface area (Å²) in [6.45, 7) is -2.40. The van der Waals surface area contributed by atoms with Gasteiger partial charge in [-0.2, -0.15) is 0 Å². The first kappa shape index (κ1) is 20.9. The average molecular weight is 370 g/mol. The van der Waals surface area contributed by atoms with Gasteiger partial charge in [0.05, 0.1) is 39.1 Å². The summed E-state index contributed by atoms with van der Waals surface area (Å²) in [5.41, 5.74) is 0. The standard InChI is InChI=1S/C14H26O11/c15-1-7-6(13(21)14(22,5-17)25-7)3-23-4-9-11(19)12(20)10(18)8(2-16)24-9/h6-13,15-22H,1-5H2/t6-,7?,8?,9+,10+,11?,12?,13?,14+/m1/s1. The summed E-state index contributed by atoms with van der Waals surface area (Å²) in [4.78, 5) is 0. The molecule has 5 unspecified atom stereocenters. The van der Waals surface area contributed by atoms with Gasteiger partial charge in [-0.1, -0.05) is 0 Å². The first-order valence-corrected chi connectivity index (χ1v) is 7.97. The molecular formula is C14H26O11. The van der Waals surface area contributed by atoms with Crippen LogP contribution in [0.3, 0.4) is 0 Å². The summed E-state index contributed by atoms with van der Waals surface area (Å²) in [5, 5.41) is 76.8. The molecule has 0 aromatic rings. The van der Waals surface area contributed by atoms with Gasteiger partial charge in [0, 0.05) is 5.92 Å². The van der Waals surface area contributed by atoms with Crippen LogP contribution < -0.4 is 0 Å². The van der Waals surface area contributed by atoms with E-state index < -0.39 is 74.3 Å². The second kappa shape index (κ2) is 8.50. The summed E-state index contributed by atoms with van der Waals surface area (Å²) < 4.78 is 15.7. The zero-order valence-corrected chi connectivity index (χ0v) is 13.5. The predicted molar refractivity (Wildman–Crippen MR) is 78.1 cm³/mol.